The van der Waals surface area contributed by atoms with Gasteiger partial charge in [0.2, 0.25) is 0 Å². The summed E-state index contributed by atoms with van der Waals surface area (Å²) in [4.78, 5) is 26.1. The Hall–Kier alpha value is -3.28. The zero-order valence-corrected chi connectivity index (χ0v) is 14.2. The van der Waals surface area contributed by atoms with Crippen molar-refractivity contribution in [3.8, 4) is 11.5 Å². The largest absolute Gasteiger partial charge is 0.493 e. The van der Waals surface area contributed by atoms with E-state index in [0.29, 0.717) is 28.3 Å². The molecule has 1 N–H and O–H groups in total. The number of nitrogens with one attached hydrogen (secondary N) is 1. The highest BCUT2D eigenvalue weighted by Gasteiger charge is 2.36. The lowest BCUT2D eigenvalue weighted by molar-refractivity contribution is -0.135. The number of amides is 2. The third kappa shape index (κ3) is 2.94. The minimum atomic E-state index is -0.376. The van der Waals surface area contributed by atoms with Gasteiger partial charge in [-0.1, -0.05) is 30.3 Å². The van der Waals surface area contributed by atoms with Crippen molar-refractivity contribution in [3.05, 3.63) is 59.8 Å². The Bertz CT molecular complexity index is 859. The molecule has 1 heterocycles. The Morgan fingerprint density at radius 1 is 0.880 bits per heavy atom. The van der Waals surface area contributed by atoms with Crippen molar-refractivity contribution in [2.75, 3.05) is 26.6 Å². The third-order valence-electron chi connectivity index (χ3n) is 4.00. The Kier molecular flexibility index (Phi) is 4.43. The van der Waals surface area contributed by atoms with E-state index in [1.54, 1.807) is 37.4 Å². The number of carbonyl (C=O) groups is 2. The second-order valence-corrected chi connectivity index (χ2v) is 5.48. The SMILES string of the molecule is COc1ccc(NC2=C(c3ccccc3)C(=O)N(C)C2=O)cc1OC. The van der Waals surface area contributed by atoms with Gasteiger partial charge in [0.15, 0.2) is 11.5 Å². The topological polar surface area (TPSA) is 67.9 Å². The molecule has 128 valence electrons. The highest BCUT2D eigenvalue weighted by Crippen LogP contribution is 2.33. The Morgan fingerprint density at radius 3 is 2.20 bits per heavy atom. The maximum Gasteiger partial charge on any atom is 0.277 e. The lowest BCUT2D eigenvalue weighted by atomic mass is 10.0. The molecule has 0 unspecified atom stereocenters. The fraction of sp³-hybridized carbons (Fsp3) is 0.158. The van der Waals surface area contributed by atoms with Crippen LogP contribution in [0.25, 0.3) is 5.57 Å². The lowest BCUT2D eigenvalue weighted by Crippen LogP contribution is -2.27. The minimum absolute atomic E-state index is 0.242. The summed E-state index contributed by atoms with van der Waals surface area (Å²) in [5.74, 6) is 0.397. The minimum Gasteiger partial charge on any atom is -0.493 e. The first kappa shape index (κ1) is 16.6. The van der Waals surface area contributed by atoms with Gasteiger partial charge in [-0.2, -0.15) is 0 Å². The number of methoxy groups -OCH3 is 2. The van der Waals surface area contributed by atoms with Crippen molar-refractivity contribution >= 4 is 23.1 Å². The Balaban J connectivity index is 2.05. The van der Waals surface area contributed by atoms with Crippen LogP contribution >= 0.6 is 0 Å². The number of hydrogen-bond acceptors (Lipinski definition) is 5. The molecular formula is C19H18N2O4. The second kappa shape index (κ2) is 6.68. The predicted octanol–water partition coefficient (Wildman–Crippen LogP) is 2.53. The summed E-state index contributed by atoms with van der Waals surface area (Å²) in [6.45, 7) is 0. The van der Waals surface area contributed by atoms with Gasteiger partial charge in [0.25, 0.3) is 11.8 Å². The van der Waals surface area contributed by atoms with Gasteiger partial charge in [0.1, 0.15) is 5.70 Å². The summed E-state index contributed by atoms with van der Waals surface area (Å²) >= 11 is 0. The summed E-state index contributed by atoms with van der Waals surface area (Å²) < 4.78 is 10.5. The molecule has 0 atom stereocenters. The number of hydrogen-bond donors (Lipinski definition) is 1. The van der Waals surface area contributed by atoms with E-state index in [-0.39, 0.29) is 17.5 Å². The highest BCUT2D eigenvalue weighted by molar-refractivity contribution is 6.36. The van der Waals surface area contributed by atoms with E-state index in [4.69, 9.17) is 9.47 Å². The molecule has 2 aromatic rings. The van der Waals surface area contributed by atoms with Gasteiger partial charge in [-0.15, -0.1) is 0 Å². The number of ether oxygens (including phenoxy) is 2. The molecule has 3 rings (SSSR count). The first-order chi connectivity index (χ1) is 12.1. The van der Waals surface area contributed by atoms with Gasteiger partial charge < -0.3 is 14.8 Å². The molecule has 0 aromatic heterocycles. The van der Waals surface area contributed by atoms with E-state index in [2.05, 4.69) is 5.32 Å². The Morgan fingerprint density at radius 2 is 1.56 bits per heavy atom. The van der Waals surface area contributed by atoms with Gasteiger partial charge in [0, 0.05) is 18.8 Å². The van der Waals surface area contributed by atoms with Crippen LogP contribution in [-0.2, 0) is 9.59 Å². The van der Waals surface area contributed by atoms with Gasteiger partial charge in [-0.05, 0) is 17.7 Å². The Labute approximate surface area is 145 Å². The summed E-state index contributed by atoms with van der Waals surface area (Å²) in [7, 11) is 4.56. The van der Waals surface area contributed by atoms with Gasteiger partial charge in [0.05, 0.1) is 19.8 Å². The smallest absolute Gasteiger partial charge is 0.277 e. The zero-order valence-electron chi connectivity index (χ0n) is 14.2. The van der Waals surface area contributed by atoms with E-state index in [9.17, 15) is 9.59 Å². The van der Waals surface area contributed by atoms with Crippen LogP contribution in [0.1, 0.15) is 5.56 Å². The molecule has 1 aliphatic rings. The molecule has 0 bridgehead atoms. The van der Waals surface area contributed by atoms with Crippen LogP contribution in [0.4, 0.5) is 5.69 Å². The molecule has 2 amide bonds. The molecule has 0 saturated heterocycles. The average molecular weight is 338 g/mol. The van der Waals surface area contributed by atoms with E-state index in [1.165, 1.54) is 14.2 Å². The lowest BCUT2D eigenvalue weighted by Gasteiger charge is -2.12. The van der Waals surface area contributed by atoms with Crippen molar-refractivity contribution in [3.63, 3.8) is 0 Å². The normalized spacial score (nSPS) is 14.1. The molecule has 2 aromatic carbocycles. The molecule has 0 aliphatic carbocycles. The summed E-state index contributed by atoms with van der Waals surface area (Å²) in [5, 5.41) is 3.06. The molecule has 6 heteroatoms. The predicted molar refractivity (Wildman–Crippen MR) is 94.3 cm³/mol. The zero-order chi connectivity index (χ0) is 18.0. The van der Waals surface area contributed by atoms with Crippen LogP contribution in [0.3, 0.4) is 0 Å². The van der Waals surface area contributed by atoms with E-state index >= 15 is 0 Å². The number of anilines is 1. The van der Waals surface area contributed by atoms with Gasteiger partial charge >= 0.3 is 0 Å². The number of carbonyl (C=O) groups excluding carboxylic acids is 2. The van der Waals surface area contributed by atoms with Crippen LogP contribution in [0.15, 0.2) is 54.2 Å². The van der Waals surface area contributed by atoms with Crippen LogP contribution < -0.4 is 14.8 Å². The summed E-state index contributed by atoms with van der Waals surface area (Å²) in [5.41, 5.74) is 1.90. The molecule has 0 saturated carbocycles. The van der Waals surface area contributed by atoms with Crippen molar-refractivity contribution < 1.29 is 19.1 Å². The molecule has 0 spiro atoms. The number of rotatable bonds is 5. The van der Waals surface area contributed by atoms with Gasteiger partial charge in [-0.3, -0.25) is 14.5 Å². The van der Waals surface area contributed by atoms with Crippen molar-refractivity contribution in [1.29, 1.82) is 0 Å². The average Bonchev–Trinajstić information content (AvgIpc) is 2.86. The number of likely N-dealkylation sites (N-methyl/N-ethyl adjacent to an activating group) is 1. The quantitative estimate of drug-likeness (QED) is 0.849. The monoisotopic (exact) mass is 338 g/mol. The van der Waals surface area contributed by atoms with Crippen LogP contribution in [0.2, 0.25) is 0 Å². The van der Waals surface area contributed by atoms with Crippen molar-refractivity contribution in [2.24, 2.45) is 0 Å². The highest BCUT2D eigenvalue weighted by atomic mass is 16.5. The van der Waals surface area contributed by atoms with Gasteiger partial charge in [-0.25, -0.2) is 0 Å². The molecule has 6 nitrogen and oxygen atoms in total. The van der Waals surface area contributed by atoms with Crippen LogP contribution in [0, 0.1) is 0 Å². The number of nitrogens with zero attached hydrogens (tertiary/aromatic N) is 1. The van der Waals surface area contributed by atoms with Crippen LogP contribution in [-0.4, -0.2) is 38.0 Å². The standard InChI is InChI=1S/C19H18N2O4/c1-21-18(22)16(12-7-5-4-6-8-12)17(19(21)23)20-13-9-10-14(24-2)15(11-13)25-3/h4-11,20H,1-3H3. The first-order valence-electron chi connectivity index (χ1n) is 7.68. The molecule has 0 radical (unpaired) electrons. The first-order valence-corrected chi connectivity index (χ1v) is 7.68. The molecule has 0 fully saturated rings. The molecule has 1 aliphatic heterocycles. The second-order valence-electron chi connectivity index (χ2n) is 5.48. The van der Waals surface area contributed by atoms with Crippen LogP contribution in [0.5, 0.6) is 11.5 Å². The molecular weight excluding hydrogens is 320 g/mol. The third-order valence-corrected chi connectivity index (χ3v) is 4.00. The van der Waals surface area contributed by atoms with E-state index in [0.717, 1.165) is 4.90 Å². The summed E-state index contributed by atoms with van der Waals surface area (Å²) in [6.07, 6.45) is 0. The van der Waals surface area contributed by atoms with E-state index in [1.807, 2.05) is 18.2 Å². The maximum absolute atomic E-state index is 12.5. The fourth-order valence-electron chi connectivity index (χ4n) is 2.69. The maximum atomic E-state index is 12.5. The van der Waals surface area contributed by atoms with E-state index < -0.39 is 0 Å². The molecule has 25 heavy (non-hydrogen) atoms. The van der Waals surface area contributed by atoms with Crippen molar-refractivity contribution in [1.82, 2.24) is 4.90 Å². The number of imide groups is 1. The fourth-order valence-corrected chi connectivity index (χ4v) is 2.69. The number of benzene rings is 2. The summed E-state index contributed by atoms with van der Waals surface area (Å²) in [6, 6.07) is 14.3. The van der Waals surface area contributed by atoms with Crippen molar-refractivity contribution in [2.45, 2.75) is 0 Å².